The lowest BCUT2D eigenvalue weighted by molar-refractivity contribution is 0.159. The van der Waals surface area contributed by atoms with Crippen molar-refractivity contribution in [2.45, 2.75) is 57.5 Å². The van der Waals surface area contributed by atoms with E-state index in [0.29, 0.717) is 11.8 Å². The largest absolute Gasteiger partial charge is 0.508 e. The first-order valence-corrected chi connectivity index (χ1v) is 8.25. The van der Waals surface area contributed by atoms with E-state index in [1.54, 1.807) is 6.07 Å². The molecule has 1 N–H and O–H groups in total. The van der Waals surface area contributed by atoms with E-state index in [4.69, 9.17) is 4.42 Å². The summed E-state index contributed by atoms with van der Waals surface area (Å²) < 4.78 is 6.09. The number of furan rings is 1. The summed E-state index contributed by atoms with van der Waals surface area (Å²) in [4.78, 5) is 2.73. The van der Waals surface area contributed by atoms with E-state index in [2.05, 4.69) is 11.8 Å². The number of aromatic hydroxyl groups is 1. The second-order valence-corrected chi connectivity index (χ2v) is 6.52. The average molecular weight is 285 g/mol. The van der Waals surface area contributed by atoms with Crippen LogP contribution in [0.1, 0.15) is 43.9 Å². The van der Waals surface area contributed by atoms with Gasteiger partial charge in [-0.3, -0.25) is 4.90 Å². The van der Waals surface area contributed by atoms with Crippen molar-refractivity contribution in [3.8, 4) is 5.75 Å². The van der Waals surface area contributed by atoms with Crippen molar-refractivity contribution >= 4 is 11.0 Å². The van der Waals surface area contributed by atoms with Crippen LogP contribution in [0.15, 0.2) is 22.6 Å². The van der Waals surface area contributed by atoms with Gasteiger partial charge < -0.3 is 9.52 Å². The van der Waals surface area contributed by atoms with Crippen molar-refractivity contribution in [1.82, 2.24) is 4.90 Å². The molecule has 3 heteroatoms. The highest BCUT2D eigenvalue weighted by Crippen LogP contribution is 2.36. The molecule has 1 unspecified atom stereocenters. The van der Waals surface area contributed by atoms with Gasteiger partial charge in [0.05, 0.1) is 0 Å². The Balaban J connectivity index is 1.80. The lowest BCUT2D eigenvalue weighted by Gasteiger charge is -2.34. The first kappa shape index (κ1) is 13.2. The molecule has 0 saturated carbocycles. The Kier molecular flexibility index (Phi) is 3.18. The monoisotopic (exact) mass is 285 g/mol. The standard InChI is InChI=1S/C18H23NO2/c1-2-12-10-15-16-11-14(20)6-8-18(16)21-17(15)7-5-13-4-3-9-19(12)13/h6,8,11-13,20H,2-5,7,9-10H2,1H3/t12-,13?/m1/s1. The fourth-order valence-electron chi connectivity index (χ4n) is 4.29. The van der Waals surface area contributed by atoms with E-state index < -0.39 is 0 Å². The van der Waals surface area contributed by atoms with Crippen molar-refractivity contribution < 1.29 is 9.52 Å². The van der Waals surface area contributed by atoms with Crippen LogP contribution in [-0.2, 0) is 12.8 Å². The molecule has 2 aromatic rings. The highest BCUT2D eigenvalue weighted by molar-refractivity contribution is 5.83. The van der Waals surface area contributed by atoms with Gasteiger partial charge in [-0.2, -0.15) is 0 Å². The maximum absolute atomic E-state index is 9.80. The molecular weight excluding hydrogens is 262 g/mol. The van der Waals surface area contributed by atoms with Crippen LogP contribution in [0.25, 0.3) is 11.0 Å². The molecule has 0 amide bonds. The van der Waals surface area contributed by atoms with Gasteiger partial charge in [0.1, 0.15) is 17.1 Å². The molecule has 1 fully saturated rings. The predicted octanol–water partition coefficient (Wildman–Crippen LogP) is 3.87. The molecule has 2 atom stereocenters. The summed E-state index contributed by atoms with van der Waals surface area (Å²) in [5.41, 5.74) is 2.26. The van der Waals surface area contributed by atoms with Gasteiger partial charge in [0.25, 0.3) is 0 Å². The maximum atomic E-state index is 9.80. The van der Waals surface area contributed by atoms with E-state index in [1.807, 2.05) is 12.1 Å². The molecule has 3 heterocycles. The minimum absolute atomic E-state index is 0.334. The van der Waals surface area contributed by atoms with Crippen molar-refractivity contribution in [3.05, 3.63) is 29.5 Å². The molecule has 2 aliphatic heterocycles. The second kappa shape index (κ2) is 5.06. The van der Waals surface area contributed by atoms with Crippen molar-refractivity contribution in [2.75, 3.05) is 6.54 Å². The Labute approximate surface area is 125 Å². The van der Waals surface area contributed by atoms with Gasteiger partial charge in [0.15, 0.2) is 0 Å². The highest BCUT2D eigenvalue weighted by Gasteiger charge is 2.33. The number of benzene rings is 1. The molecule has 21 heavy (non-hydrogen) atoms. The summed E-state index contributed by atoms with van der Waals surface area (Å²) in [5, 5.41) is 10.9. The van der Waals surface area contributed by atoms with Gasteiger partial charge >= 0.3 is 0 Å². The Morgan fingerprint density at radius 2 is 2.24 bits per heavy atom. The smallest absolute Gasteiger partial charge is 0.134 e. The highest BCUT2D eigenvalue weighted by atomic mass is 16.3. The molecule has 1 saturated heterocycles. The van der Waals surface area contributed by atoms with Crippen LogP contribution in [0.4, 0.5) is 0 Å². The van der Waals surface area contributed by atoms with Crippen LogP contribution in [0.5, 0.6) is 5.75 Å². The topological polar surface area (TPSA) is 36.6 Å². The Morgan fingerprint density at radius 3 is 3.10 bits per heavy atom. The Morgan fingerprint density at radius 1 is 1.33 bits per heavy atom. The molecule has 0 bridgehead atoms. The third-order valence-electron chi connectivity index (χ3n) is 5.37. The van der Waals surface area contributed by atoms with Crippen molar-refractivity contribution in [3.63, 3.8) is 0 Å². The molecule has 1 aromatic carbocycles. The van der Waals surface area contributed by atoms with Crippen molar-refractivity contribution in [1.29, 1.82) is 0 Å². The van der Waals surface area contributed by atoms with Crippen LogP contribution in [0, 0.1) is 0 Å². The first-order valence-electron chi connectivity index (χ1n) is 8.25. The van der Waals surface area contributed by atoms with E-state index in [0.717, 1.165) is 35.6 Å². The molecular formula is C18H23NO2. The maximum Gasteiger partial charge on any atom is 0.134 e. The zero-order chi connectivity index (χ0) is 14.4. The van der Waals surface area contributed by atoms with E-state index in [1.165, 1.54) is 37.8 Å². The number of hydrogen-bond acceptors (Lipinski definition) is 3. The molecule has 112 valence electrons. The first-order chi connectivity index (χ1) is 10.3. The van der Waals surface area contributed by atoms with E-state index >= 15 is 0 Å². The SMILES string of the molecule is CC[C@@H]1Cc2c(oc3ccc(O)cc23)CCC2CCCN21. The van der Waals surface area contributed by atoms with Gasteiger partial charge in [0.2, 0.25) is 0 Å². The van der Waals surface area contributed by atoms with Gasteiger partial charge in [-0.1, -0.05) is 6.92 Å². The van der Waals surface area contributed by atoms with Gasteiger partial charge in [-0.25, -0.2) is 0 Å². The van der Waals surface area contributed by atoms with Crippen LogP contribution in [0.2, 0.25) is 0 Å². The molecule has 4 rings (SSSR count). The normalized spacial score (nSPS) is 26.3. The number of rotatable bonds is 1. The number of fused-ring (bicyclic) bond motifs is 4. The quantitative estimate of drug-likeness (QED) is 0.864. The number of phenols is 1. The summed E-state index contributed by atoms with van der Waals surface area (Å²) in [6, 6.07) is 6.84. The number of hydrogen-bond donors (Lipinski definition) is 1. The summed E-state index contributed by atoms with van der Waals surface area (Å²) >= 11 is 0. The minimum Gasteiger partial charge on any atom is -0.508 e. The van der Waals surface area contributed by atoms with Crippen LogP contribution in [-0.4, -0.2) is 28.6 Å². The number of aryl methyl sites for hydroxylation is 1. The second-order valence-electron chi connectivity index (χ2n) is 6.52. The molecule has 1 aromatic heterocycles. The molecule has 0 radical (unpaired) electrons. The third-order valence-corrected chi connectivity index (χ3v) is 5.37. The van der Waals surface area contributed by atoms with Crippen LogP contribution < -0.4 is 0 Å². The predicted molar refractivity (Wildman–Crippen MR) is 83.7 cm³/mol. The third kappa shape index (κ3) is 2.15. The van der Waals surface area contributed by atoms with Crippen LogP contribution in [0.3, 0.4) is 0 Å². The minimum atomic E-state index is 0.334. The zero-order valence-electron chi connectivity index (χ0n) is 12.6. The molecule has 0 spiro atoms. The summed E-state index contributed by atoms with van der Waals surface area (Å²) in [6.45, 7) is 3.54. The molecule has 0 aliphatic carbocycles. The Hall–Kier alpha value is -1.48. The summed E-state index contributed by atoms with van der Waals surface area (Å²) in [5.74, 6) is 1.49. The van der Waals surface area contributed by atoms with Crippen molar-refractivity contribution in [2.24, 2.45) is 0 Å². The van der Waals surface area contributed by atoms with E-state index in [-0.39, 0.29) is 0 Å². The lowest BCUT2D eigenvalue weighted by Crippen LogP contribution is -2.41. The molecule has 2 aliphatic rings. The fourth-order valence-corrected chi connectivity index (χ4v) is 4.29. The number of nitrogens with zero attached hydrogens (tertiary/aromatic N) is 1. The van der Waals surface area contributed by atoms with Crippen LogP contribution >= 0.6 is 0 Å². The number of phenolic OH excluding ortho intramolecular Hbond substituents is 1. The molecule has 3 nitrogen and oxygen atoms in total. The van der Waals surface area contributed by atoms with Gasteiger partial charge in [0, 0.05) is 29.5 Å². The van der Waals surface area contributed by atoms with Gasteiger partial charge in [-0.05, 0) is 56.8 Å². The fraction of sp³-hybridized carbons (Fsp3) is 0.556. The Bertz CT molecular complexity index is 661. The van der Waals surface area contributed by atoms with E-state index in [9.17, 15) is 5.11 Å². The summed E-state index contributed by atoms with van der Waals surface area (Å²) in [6.07, 6.45) is 7.15. The average Bonchev–Trinajstić information content (AvgIpc) is 3.04. The van der Waals surface area contributed by atoms with Gasteiger partial charge in [-0.15, -0.1) is 0 Å². The summed E-state index contributed by atoms with van der Waals surface area (Å²) in [7, 11) is 0. The zero-order valence-corrected chi connectivity index (χ0v) is 12.6. The lowest BCUT2D eigenvalue weighted by atomic mass is 9.93.